The number of carbonyl (C=O) groups excluding carboxylic acids is 3. The monoisotopic (exact) mass is 642 g/mol. The molecule has 1 aliphatic rings. The van der Waals surface area contributed by atoms with Crippen molar-refractivity contribution in [3.8, 4) is 5.75 Å². The van der Waals surface area contributed by atoms with E-state index in [1.165, 1.54) is 13.2 Å². The van der Waals surface area contributed by atoms with E-state index >= 15 is 0 Å². The van der Waals surface area contributed by atoms with Gasteiger partial charge in [-0.05, 0) is 66.7 Å². The molecule has 45 heavy (non-hydrogen) atoms. The summed E-state index contributed by atoms with van der Waals surface area (Å²) in [4.78, 5) is 39.3. The molecular formula is C35H50O9Si. The van der Waals surface area contributed by atoms with Crippen LogP contribution < -0.4 is 4.74 Å². The highest BCUT2D eigenvalue weighted by atomic mass is 28.4. The molecule has 10 heteroatoms. The zero-order chi connectivity index (χ0) is 33.5. The summed E-state index contributed by atoms with van der Waals surface area (Å²) in [6, 6.07) is 9.18. The van der Waals surface area contributed by atoms with Crippen molar-refractivity contribution in [2.24, 2.45) is 5.92 Å². The second-order valence-corrected chi connectivity index (χ2v) is 18.0. The molecule has 248 valence electrons. The lowest BCUT2D eigenvalue weighted by atomic mass is 9.66. The van der Waals surface area contributed by atoms with Crippen LogP contribution in [-0.4, -0.2) is 59.6 Å². The van der Waals surface area contributed by atoms with Gasteiger partial charge in [-0.1, -0.05) is 53.7 Å². The van der Waals surface area contributed by atoms with Crippen molar-refractivity contribution in [3.05, 3.63) is 58.6 Å². The van der Waals surface area contributed by atoms with Crippen LogP contribution in [0.1, 0.15) is 95.2 Å². The third-order valence-corrected chi connectivity index (χ3v) is 15.0. The first-order valence-corrected chi connectivity index (χ1v) is 18.0. The van der Waals surface area contributed by atoms with Crippen LogP contribution >= 0.6 is 0 Å². The van der Waals surface area contributed by atoms with Gasteiger partial charge in [-0.2, -0.15) is 0 Å². The zero-order valence-electron chi connectivity index (χ0n) is 28.4. The van der Waals surface area contributed by atoms with Gasteiger partial charge in [-0.3, -0.25) is 4.79 Å². The fraction of sp³-hybridized carbons (Fsp3) is 0.571. The first kappa shape index (κ1) is 36.3. The molecule has 0 amide bonds. The number of carbonyl (C=O) groups is 3. The van der Waals surface area contributed by atoms with Gasteiger partial charge in [0.25, 0.3) is 0 Å². The summed E-state index contributed by atoms with van der Waals surface area (Å²) < 4.78 is 34.7. The summed E-state index contributed by atoms with van der Waals surface area (Å²) in [7, 11) is 0.437. The SMILES string of the molecule is CCOC(=O)/C(C)=C/c1cc(C(=O)OC)c([C@@H]2[C@@H](CCOCc3ccc(OC)cc3)C(=O)[C@@H]2O[Si](C(C)C)(C(C)C)C(C)C)o1. The molecule has 0 spiro atoms. The van der Waals surface area contributed by atoms with Gasteiger partial charge >= 0.3 is 11.9 Å². The number of Topliss-reactive ketones (excluding diaryl/α,β-unsaturated/α-hetero) is 1. The van der Waals surface area contributed by atoms with Crippen LogP contribution in [0.3, 0.4) is 0 Å². The predicted octanol–water partition coefficient (Wildman–Crippen LogP) is 7.49. The van der Waals surface area contributed by atoms with Gasteiger partial charge < -0.3 is 27.8 Å². The maximum Gasteiger partial charge on any atom is 0.341 e. The van der Waals surface area contributed by atoms with Gasteiger partial charge in [0, 0.05) is 18.1 Å². The highest BCUT2D eigenvalue weighted by Gasteiger charge is 2.58. The number of furan rings is 1. The Morgan fingerprint density at radius 3 is 2.16 bits per heavy atom. The summed E-state index contributed by atoms with van der Waals surface area (Å²) in [5, 5.41) is 0. The smallest absolute Gasteiger partial charge is 0.341 e. The third-order valence-electron chi connectivity index (χ3n) is 8.89. The first-order valence-electron chi connectivity index (χ1n) is 15.8. The van der Waals surface area contributed by atoms with Crippen molar-refractivity contribution in [2.75, 3.05) is 27.4 Å². The lowest BCUT2D eigenvalue weighted by molar-refractivity contribution is -0.147. The molecule has 1 saturated carbocycles. The van der Waals surface area contributed by atoms with E-state index in [9.17, 15) is 14.4 Å². The van der Waals surface area contributed by atoms with Crippen molar-refractivity contribution < 1.29 is 42.2 Å². The quantitative estimate of drug-likeness (QED) is 0.0796. The Kier molecular flexibility index (Phi) is 12.8. The van der Waals surface area contributed by atoms with E-state index in [0.29, 0.717) is 36.7 Å². The fourth-order valence-corrected chi connectivity index (χ4v) is 12.2. The molecule has 2 aromatic rings. The number of benzene rings is 1. The maximum atomic E-state index is 13.9. The Labute approximate surface area is 268 Å². The summed E-state index contributed by atoms with van der Waals surface area (Å²) in [6.45, 7) is 17.3. The van der Waals surface area contributed by atoms with Crippen LogP contribution in [0.4, 0.5) is 0 Å². The van der Waals surface area contributed by atoms with Crippen LogP contribution in [0.2, 0.25) is 16.6 Å². The van der Waals surface area contributed by atoms with Crippen LogP contribution in [0.15, 0.2) is 40.3 Å². The number of ketones is 1. The Bertz CT molecular complexity index is 1320. The molecule has 0 radical (unpaired) electrons. The molecule has 0 bridgehead atoms. The molecular weight excluding hydrogens is 592 g/mol. The summed E-state index contributed by atoms with van der Waals surface area (Å²) in [6.07, 6.45) is 1.19. The first-order chi connectivity index (χ1) is 21.3. The van der Waals surface area contributed by atoms with Crippen LogP contribution in [0.25, 0.3) is 6.08 Å². The lowest BCUT2D eigenvalue weighted by Crippen LogP contribution is -2.60. The molecule has 3 rings (SSSR count). The number of ether oxygens (including phenoxy) is 4. The van der Waals surface area contributed by atoms with E-state index in [1.54, 1.807) is 27.0 Å². The minimum absolute atomic E-state index is 0.0149. The summed E-state index contributed by atoms with van der Waals surface area (Å²) in [5.41, 5.74) is 2.27. The zero-order valence-corrected chi connectivity index (χ0v) is 29.4. The van der Waals surface area contributed by atoms with Gasteiger partial charge in [0.2, 0.25) is 8.32 Å². The summed E-state index contributed by atoms with van der Waals surface area (Å²) in [5.74, 6) is -0.705. The maximum absolute atomic E-state index is 13.9. The van der Waals surface area contributed by atoms with E-state index in [1.807, 2.05) is 24.3 Å². The van der Waals surface area contributed by atoms with Crippen molar-refractivity contribution in [3.63, 3.8) is 0 Å². The van der Waals surface area contributed by atoms with Crippen LogP contribution in [-0.2, 0) is 34.8 Å². The van der Waals surface area contributed by atoms with E-state index in [0.717, 1.165) is 11.3 Å². The standard InChI is InChI=1S/C35H50O9Si/c1-11-42-34(37)24(8)18-27-19-29(35(38)40-10)32(43-27)30-28(16-17-41-20-25-12-14-26(39-9)15-13-25)31(36)33(30)44-45(21(2)3,22(4)5)23(6)7/h12-15,18-19,21-23,28,30,33H,11,16-17,20H2,1-10H3/b24-18+/t28-,30+,33-/m1/s1. The molecule has 1 aromatic carbocycles. The van der Waals surface area contributed by atoms with E-state index < -0.39 is 38.2 Å². The Hall–Kier alpha value is -3.21. The topological polar surface area (TPSA) is 111 Å². The number of hydrogen-bond donors (Lipinski definition) is 0. The van der Waals surface area contributed by atoms with Crippen LogP contribution in [0.5, 0.6) is 5.75 Å². The number of methoxy groups -OCH3 is 2. The van der Waals surface area contributed by atoms with Crippen LogP contribution in [0, 0.1) is 5.92 Å². The minimum Gasteiger partial charge on any atom is -0.497 e. The van der Waals surface area contributed by atoms with E-state index in [4.69, 9.17) is 27.8 Å². The van der Waals surface area contributed by atoms with Crippen molar-refractivity contribution in [1.29, 1.82) is 0 Å². The Balaban J connectivity index is 1.98. The highest BCUT2D eigenvalue weighted by molar-refractivity contribution is 6.77. The van der Waals surface area contributed by atoms with Crippen molar-refractivity contribution in [1.82, 2.24) is 0 Å². The molecule has 0 saturated heterocycles. The van der Waals surface area contributed by atoms with Gasteiger partial charge in [-0.25, -0.2) is 9.59 Å². The molecule has 0 unspecified atom stereocenters. The van der Waals surface area contributed by atoms with Crippen molar-refractivity contribution in [2.45, 2.75) is 97.1 Å². The normalized spacial score (nSPS) is 18.8. The molecule has 1 aliphatic carbocycles. The molecule has 0 aliphatic heterocycles. The van der Waals surface area contributed by atoms with E-state index in [2.05, 4.69) is 41.5 Å². The number of esters is 2. The third kappa shape index (κ3) is 7.96. The second-order valence-electron chi connectivity index (χ2n) is 12.5. The van der Waals surface area contributed by atoms with Crippen molar-refractivity contribution >= 4 is 32.1 Å². The molecule has 0 N–H and O–H groups in total. The van der Waals surface area contributed by atoms with Gasteiger partial charge in [0.1, 0.15) is 28.9 Å². The Morgan fingerprint density at radius 1 is 1.00 bits per heavy atom. The number of rotatable bonds is 16. The Morgan fingerprint density at radius 2 is 1.62 bits per heavy atom. The average Bonchev–Trinajstić information content (AvgIpc) is 3.41. The predicted molar refractivity (Wildman–Crippen MR) is 175 cm³/mol. The second kappa shape index (κ2) is 15.9. The van der Waals surface area contributed by atoms with E-state index in [-0.39, 0.29) is 34.6 Å². The van der Waals surface area contributed by atoms with Gasteiger partial charge in [-0.15, -0.1) is 0 Å². The average molecular weight is 643 g/mol. The molecule has 1 heterocycles. The molecule has 9 nitrogen and oxygen atoms in total. The molecule has 1 fully saturated rings. The highest BCUT2D eigenvalue weighted by Crippen LogP contribution is 2.51. The molecule has 1 aromatic heterocycles. The minimum atomic E-state index is -2.49. The summed E-state index contributed by atoms with van der Waals surface area (Å²) >= 11 is 0. The lowest BCUT2D eigenvalue weighted by Gasteiger charge is -2.50. The largest absolute Gasteiger partial charge is 0.497 e. The van der Waals surface area contributed by atoms with Gasteiger partial charge in [0.15, 0.2) is 5.78 Å². The van der Waals surface area contributed by atoms with Gasteiger partial charge in [0.05, 0.1) is 33.4 Å². The number of hydrogen-bond acceptors (Lipinski definition) is 9. The fourth-order valence-electron chi connectivity index (χ4n) is 6.71. The molecule has 3 atom stereocenters.